The molecule has 0 amide bonds. The molecule has 1 rings (SSSR count). The molecule has 0 unspecified atom stereocenters. The Morgan fingerprint density at radius 2 is 1.94 bits per heavy atom. The first kappa shape index (κ1) is 13.5. The second-order valence-corrected chi connectivity index (χ2v) is 5.89. The Bertz CT molecular complexity index is 226. The molecule has 3 heteroatoms. The number of hydrogen-bond acceptors (Lipinski definition) is 3. The van der Waals surface area contributed by atoms with Crippen molar-refractivity contribution in [2.45, 2.75) is 65.5 Å². The van der Waals surface area contributed by atoms with Crippen LogP contribution in [0.3, 0.4) is 0 Å². The maximum Gasteiger partial charge on any atom is 0.320 e. The molecule has 0 aromatic heterocycles. The van der Waals surface area contributed by atoms with Crippen LogP contribution in [0.1, 0.15) is 53.4 Å². The van der Waals surface area contributed by atoms with Gasteiger partial charge in [0.25, 0.3) is 0 Å². The van der Waals surface area contributed by atoms with Crippen molar-refractivity contribution in [3.05, 3.63) is 0 Å². The molecular weight excluding hydrogens is 202 g/mol. The predicted molar refractivity (Wildman–Crippen MR) is 65.3 cm³/mol. The van der Waals surface area contributed by atoms with E-state index in [1.807, 2.05) is 13.8 Å². The highest BCUT2D eigenvalue weighted by Crippen LogP contribution is 2.36. The van der Waals surface area contributed by atoms with Crippen LogP contribution in [0.25, 0.3) is 0 Å². The molecule has 1 N–H and O–H groups in total. The molecule has 0 aliphatic heterocycles. The molecular formula is C13H25NO2. The standard InChI is InChI=1S/C13H25NO2/c1-10(2)14-9-12(15)16-11-5-7-13(3,4)8-6-11/h10-11,14H,5-9H2,1-4H3. The molecule has 0 saturated heterocycles. The van der Waals surface area contributed by atoms with Crippen molar-refractivity contribution in [2.75, 3.05) is 6.54 Å². The highest BCUT2D eigenvalue weighted by Gasteiger charge is 2.28. The third-order valence-corrected chi connectivity index (χ3v) is 3.24. The lowest BCUT2D eigenvalue weighted by atomic mass is 9.76. The van der Waals surface area contributed by atoms with Gasteiger partial charge in [0.2, 0.25) is 0 Å². The van der Waals surface area contributed by atoms with Crippen molar-refractivity contribution >= 4 is 5.97 Å². The highest BCUT2D eigenvalue weighted by atomic mass is 16.5. The summed E-state index contributed by atoms with van der Waals surface area (Å²) in [6, 6.07) is 0.331. The topological polar surface area (TPSA) is 38.3 Å². The van der Waals surface area contributed by atoms with Crippen LogP contribution in [0.5, 0.6) is 0 Å². The monoisotopic (exact) mass is 227 g/mol. The van der Waals surface area contributed by atoms with Crippen LogP contribution in [0.4, 0.5) is 0 Å². The minimum atomic E-state index is -0.113. The molecule has 16 heavy (non-hydrogen) atoms. The first-order valence-corrected chi connectivity index (χ1v) is 6.32. The summed E-state index contributed by atoms with van der Waals surface area (Å²) in [6.45, 7) is 8.95. The largest absolute Gasteiger partial charge is 0.461 e. The Balaban J connectivity index is 2.21. The fraction of sp³-hybridized carbons (Fsp3) is 0.923. The molecule has 0 aromatic rings. The predicted octanol–water partition coefficient (Wildman–Crippen LogP) is 2.50. The number of carbonyl (C=O) groups is 1. The second-order valence-electron chi connectivity index (χ2n) is 5.89. The fourth-order valence-corrected chi connectivity index (χ4v) is 2.01. The van der Waals surface area contributed by atoms with E-state index < -0.39 is 0 Å². The molecule has 0 radical (unpaired) electrons. The van der Waals surface area contributed by atoms with Gasteiger partial charge in [-0.15, -0.1) is 0 Å². The minimum absolute atomic E-state index is 0.113. The van der Waals surface area contributed by atoms with Crippen LogP contribution < -0.4 is 5.32 Å². The lowest BCUT2D eigenvalue weighted by molar-refractivity contribution is -0.150. The highest BCUT2D eigenvalue weighted by molar-refractivity contribution is 5.71. The summed E-state index contributed by atoms with van der Waals surface area (Å²) in [5, 5.41) is 3.08. The molecule has 0 bridgehead atoms. The van der Waals surface area contributed by atoms with E-state index in [1.165, 1.54) is 0 Å². The maximum absolute atomic E-state index is 11.5. The molecule has 0 atom stereocenters. The van der Waals surface area contributed by atoms with Gasteiger partial charge >= 0.3 is 5.97 Å². The van der Waals surface area contributed by atoms with Gasteiger partial charge in [0, 0.05) is 6.04 Å². The van der Waals surface area contributed by atoms with Crippen LogP contribution in [-0.4, -0.2) is 24.7 Å². The van der Waals surface area contributed by atoms with E-state index in [2.05, 4.69) is 19.2 Å². The van der Waals surface area contributed by atoms with E-state index in [-0.39, 0.29) is 12.1 Å². The average molecular weight is 227 g/mol. The number of ether oxygens (including phenoxy) is 1. The number of rotatable bonds is 4. The van der Waals surface area contributed by atoms with E-state index >= 15 is 0 Å². The Hall–Kier alpha value is -0.570. The molecule has 94 valence electrons. The third kappa shape index (κ3) is 4.97. The van der Waals surface area contributed by atoms with Gasteiger partial charge in [-0.3, -0.25) is 4.79 Å². The summed E-state index contributed by atoms with van der Waals surface area (Å²) >= 11 is 0. The van der Waals surface area contributed by atoms with Crippen molar-refractivity contribution in [1.82, 2.24) is 5.32 Å². The molecule has 1 aliphatic carbocycles. The molecule has 1 saturated carbocycles. The van der Waals surface area contributed by atoms with Gasteiger partial charge in [0.1, 0.15) is 6.10 Å². The van der Waals surface area contributed by atoms with Crippen LogP contribution in [0, 0.1) is 5.41 Å². The van der Waals surface area contributed by atoms with Crippen molar-refractivity contribution in [3.63, 3.8) is 0 Å². The first-order valence-electron chi connectivity index (χ1n) is 6.32. The molecule has 0 aromatic carbocycles. The van der Waals surface area contributed by atoms with Gasteiger partial charge in [-0.1, -0.05) is 27.7 Å². The zero-order chi connectivity index (χ0) is 12.2. The number of hydrogen-bond donors (Lipinski definition) is 1. The normalized spacial score (nSPS) is 21.1. The molecule has 0 heterocycles. The Morgan fingerprint density at radius 1 is 1.38 bits per heavy atom. The Morgan fingerprint density at radius 3 is 2.44 bits per heavy atom. The van der Waals surface area contributed by atoms with Crippen molar-refractivity contribution < 1.29 is 9.53 Å². The number of esters is 1. The molecule has 0 spiro atoms. The third-order valence-electron chi connectivity index (χ3n) is 3.24. The van der Waals surface area contributed by atoms with Gasteiger partial charge in [0.05, 0.1) is 6.54 Å². The second kappa shape index (κ2) is 5.67. The van der Waals surface area contributed by atoms with E-state index in [0.717, 1.165) is 25.7 Å². The van der Waals surface area contributed by atoms with E-state index in [0.29, 0.717) is 18.0 Å². The minimum Gasteiger partial charge on any atom is -0.461 e. The van der Waals surface area contributed by atoms with E-state index in [1.54, 1.807) is 0 Å². The lowest BCUT2D eigenvalue weighted by Gasteiger charge is -2.33. The first-order chi connectivity index (χ1) is 7.39. The van der Waals surface area contributed by atoms with E-state index in [4.69, 9.17) is 4.74 Å². The average Bonchev–Trinajstić information content (AvgIpc) is 2.18. The van der Waals surface area contributed by atoms with Gasteiger partial charge in [0.15, 0.2) is 0 Å². The summed E-state index contributed by atoms with van der Waals surface area (Å²) in [5.74, 6) is -0.113. The van der Waals surface area contributed by atoms with Crippen LogP contribution in [-0.2, 0) is 9.53 Å². The number of nitrogens with one attached hydrogen (secondary N) is 1. The van der Waals surface area contributed by atoms with Crippen LogP contribution >= 0.6 is 0 Å². The summed E-state index contributed by atoms with van der Waals surface area (Å²) in [5.41, 5.74) is 0.430. The van der Waals surface area contributed by atoms with Crippen molar-refractivity contribution in [1.29, 1.82) is 0 Å². The summed E-state index contributed by atoms with van der Waals surface area (Å²) in [6.07, 6.45) is 4.49. The smallest absolute Gasteiger partial charge is 0.320 e. The van der Waals surface area contributed by atoms with Crippen molar-refractivity contribution in [2.24, 2.45) is 5.41 Å². The van der Waals surface area contributed by atoms with Crippen LogP contribution in [0.2, 0.25) is 0 Å². The van der Waals surface area contributed by atoms with Gasteiger partial charge in [-0.2, -0.15) is 0 Å². The van der Waals surface area contributed by atoms with E-state index in [9.17, 15) is 4.79 Å². The SMILES string of the molecule is CC(C)NCC(=O)OC1CCC(C)(C)CC1. The number of carbonyl (C=O) groups excluding carboxylic acids is 1. The van der Waals surface area contributed by atoms with Crippen molar-refractivity contribution in [3.8, 4) is 0 Å². The fourth-order valence-electron chi connectivity index (χ4n) is 2.01. The Kier molecular flexibility index (Phi) is 4.78. The van der Waals surface area contributed by atoms with Crippen LogP contribution in [0.15, 0.2) is 0 Å². The lowest BCUT2D eigenvalue weighted by Crippen LogP contribution is -2.34. The Labute approximate surface area is 98.9 Å². The van der Waals surface area contributed by atoms with Gasteiger partial charge in [-0.05, 0) is 31.1 Å². The molecule has 3 nitrogen and oxygen atoms in total. The molecule has 1 aliphatic rings. The maximum atomic E-state index is 11.5. The summed E-state index contributed by atoms with van der Waals surface area (Å²) in [7, 11) is 0. The summed E-state index contributed by atoms with van der Waals surface area (Å²) < 4.78 is 5.43. The van der Waals surface area contributed by atoms with Gasteiger partial charge in [-0.25, -0.2) is 0 Å². The molecule has 1 fully saturated rings. The summed E-state index contributed by atoms with van der Waals surface area (Å²) in [4.78, 5) is 11.5. The zero-order valence-electron chi connectivity index (χ0n) is 11.0. The zero-order valence-corrected chi connectivity index (χ0v) is 11.0. The van der Waals surface area contributed by atoms with Gasteiger partial charge < -0.3 is 10.1 Å². The quantitative estimate of drug-likeness (QED) is 0.750.